The number of β-amino-alcohol motifs (C(OH)–C–C–N with tert-alkyl or cyclic N) is 1. The second-order valence-electron chi connectivity index (χ2n) is 4.84. The van der Waals surface area contributed by atoms with Gasteiger partial charge in [0.2, 0.25) is 0 Å². The normalized spacial score (nSPS) is 21.5. The van der Waals surface area contributed by atoms with E-state index in [0.29, 0.717) is 0 Å². The van der Waals surface area contributed by atoms with Crippen LogP contribution in [-0.2, 0) is 6.42 Å². The first-order chi connectivity index (χ1) is 7.74. The van der Waals surface area contributed by atoms with Crippen molar-refractivity contribution in [1.82, 2.24) is 4.90 Å². The van der Waals surface area contributed by atoms with E-state index in [2.05, 4.69) is 36.1 Å². The van der Waals surface area contributed by atoms with Crippen LogP contribution in [0.25, 0.3) is 0 Å². The molecule has 0 bridgehead atoms. The highest BCUT2D eigenvalue weighted by Crippen LogP contribution is 2.11. The van der Waals surface area contributed by atoms with Crippen molar-refractivity contribution in [2.75, 3.05) is 19.6 Å². The largest absolute Gasteiger partial charge is 0.392 e. The van der Waals surface area contributed by atoms with Crippen LogP contribution in [0.15, 0.2) is 24.3 Å². The molecule has 1 heterocycles. The van der Waals surface area contributed by atoms with E-state index in [9.17, 15) is 5.11 Å². The third kappa shape index (κ3) is 3.32. The number of aliphatic hydroxyl groups is 1. The monoisotopic (exact) mass is 219 g/mol. The molecule has 1 aliphatic heterocycles. The van der Waals surface area contributed by atoms with E-state index in [-0.39, 0.29) is 6.10 Å². The zero-order valence-corrected chi connectivity index (χ0v) is 10.0. The highest BCUT2D eigenvalue weighted by molar-refractivity contribution is 5.22. The van der Waals surface area contributed by atoms with Crippen molar-refractivity contribution >= 4 is 0 Å². The molecule has 0 aliphatic carbocycles. The Labute approximate surface area is 97.9 Å². The van der Waals surface area contributed by atoms with Gasteiger partial charge in [-0.25, -0.2) is 0 Å². The lowest BCUT2D eigenvalue weighted by Crippen LogP contribution is -2.23. The highest BCUT2D eigenvalue weighted by Gasteiger charge is 2.18. The zero-order valence-electron chi connectivity index (χ0n) is 10.0. The molecule has 2 nitrogen and oxygen atoms in total. The second-order valence-corrected chi connectivity index (χ2v) is 4.84. The van der Waals surface area contributed by atoms with Crippen LogP contribution >= 0.6 is 0 Å². The molecule has 1 saturated heterocycles. The van der Waals surface area contributed by atoms with Gasteiger partial charge in [-0.2, -0.15) is 0 Å². The van der Waals surface area contributed by atoms with Gasteiger partial charge in [-0.1, -0.05) is 29.8 Å². The number of rotatable bonds is 4. The van der Waals surface area contributed by atoms with Crippen LogP contribution in [-0.4, -0.2) is 35.7 Å². The summed E-state index contributed by atoms with van der Waals surface area (Å²) in [5, 5.41) is 9.41. The maximum absolute atomic E-state index is 9.41. The maximum atomic E-state index is 9.41. The molecule has 2 rings (SSSR count). The van der Waals surface area contributed by atoms with Crippen LogP contribution < -0.4 is 0 Å². The third-order valence-electron chi connectivity index (χ3n) is 3.27. The van der Waals surface area contributed by atoms with E-state index in [4.69, 9.17) is 0 Å². The molecule has 0 amide bonds. The molecule has 0 aromatic heterocycles. The summed E-state index contributed by atoms with van der Waals surface area (Å²) in [6.07, 6.45) is 3.20. The summed E-state index contributed by atoms with van der Waals surface area (Å²) in [7, 11) is 0. The number of nitrogens with zero attached hydrogens (tertiary/aromatic N) is 1. The zero-order chi connectivity index (χ0) is 11.4. The van der Waals surface area contributed by atoms with Gasteiger partial charge < -0.3 is 10.0 Å². The number of hydrogen-bond acceptors (Lipinski definition) is 2. The molecular weight excluding hydrogens is 198 g/mol. The van der Waals surface area contributed by atoms with Crippen LogP contribution in [0, 0.1) is 6.92 Å². The minimum absolute atomic E-state index is 0.0843. The maximum Gasteiger partial charge on any atom is 0.0679 e. The average Bonchev–Trinajstić information content (AvgIpc) is 2.64. The highest BCUT2D eigenvalue weighted by atomic mass is 16.3. The molecule has 1 aromatic rings. The van der Waals surface area contributed by atoms with Gasteiger partial charge >= 0.3 is 0 Å². The first kappa shape index (κ1) is 11.6. The smallest absolute Gasteiger partial charge is 0.0679 e. The van der Waals surface area contributed by atoms with E-state index >= 15 is 0 Å². The first-order valence-electron chi connectivity index (χ1n) is 6.20. The number of aliphatic hydroxyl groups excluding tert-OH is 1. The van der Waals surface area contributed by atoms with Gasteiger partial charge in [0.1, 0.15) is 0 Å². The predicted octanol–water partition coefficient (Wildman–Crippen LogP) is 1.99. The standard InChI is InChI=1S/C14H21NO/c1-12-4-2-5-13(10-12)6-3-8-15-9-7-14(16)11-15/h2,4-5,10,14,16H,3,6-9,11H2,1H3/t14-/m0/s1. The van der Waals surface area contributed by atoms with Crippen molar-refractivity contribution < 1.29 is 5.11 Å². The number of likely N-dealkylation sites (tertiary alicyclic amines) is 1. The summed E-state index contributed by atoms with van der Waals surface area (Å²) in [5.41, 5.74) is 2.77. The Morgan fingerprint density at radius 2 is 2.31 bits per heavy atom. The van der Waals surface area contributed by atoms with Crippen molar-refractivity contribution in [1.29, 1.82) is 0 Å². The van der Waals surface area contributed by atoms with Crippen molar-refractivity contribution in [3.05, 3.63) is 35.4 Å². The molecule has 16 heavy (non-hydrogen) atoms. The van der Waals surface area contributed by atoms with Crippen molar-refractivity contribution in [2.24, 2.45) is 0 Å². The summed E-state index contributed by atoms with van der Waals surface area (Å²) >= 11 is 0. The Morgan fingerprint density at radius 3 is 3.00 bits per heavy atom. The minimum Gasteiger partial charge on any atom is -0.392 e. The fourth-order valence-corrected chi connectivity index (χ4v) is 2.39. The van der Waals surface area contributed by atoms with Gasteiger partial charge in [-0.05, 0) is 38.3 Å². The van der Waals surface area contributed by atoms with Gasteiger partial charge in [0.25, 0.3) is 0 Å². The van der Waals surface area contributed by atoms with Crippen molar-refractivity contribution in [2.45, 2.75) is 32.3 Å². The molecule has 1 atom stereocenters. The fourth-order valence-electron chi connectivity index (χ4n) is 2.39. The van der Waals surface area contributed by atoms with Crippen LogP contribution in [0.3, 0.4) is 0 Å². The summed E-state index contributed by atoms with van der Waals surface area (Å²) < 4.78 is 0. The van der Waals surface area contributed by atoms with E-state index in [1.54, 1.807) is 0 Å². The second kappa shape index (κ2) is 5.46. The molecule has 1 aliphatic rings. The molecule has 0 unspecified atom stereocenters. The quantitative estimate of drug-likeness (QED) is 0.837. The molecule has 0 saturated carbocycles. The number of hydrogen-bond donors (Lipinski definition) is 1. The lowest BCUT2D eigenvalue weighted by atomic mass is 10.1. The Bertz CT molecular complexity index is 337. The molecular formula is C14H21NO. The summed E-state index contributed by atoms with van der Waals surface area (Å²) in [5.74, 6) is 0. The van der Waals surface area contributed by atoms with E-state index in [1.807, 2.05) is 0 Å². The van der Waals surface area contributed by atoms with Crippen LogP contribution in [0.2, 0.25) is 0 Å². The van der Waals surface area contributed by atoms with Gasteiger partial charge in [0.05, 0.1) is 6.10 Å². The van der Waals surface area contributed by atoms with Crippen LogP contribution in [0.1, 0.15) is 24.0 Å². The molecule has 1 N–H and O–H groups in total. The van der Waals surface area contributed by atoms with E-state index in [1.165, 1.54) is 17.5 Å². The molecule has 1 fully saturated rings. The summed E-state index contributed by atoms with van der Waals surface area (Å²) in [6.45, 7) is 5.19. The summed E-state index contributed by atoms with van der Waals surface area (Å²) in [6, 6.07) is 8.73. The Morgan fingerprint density at radius 1 is 1.44 bits per heavy atom. The third-order valence-corrected chi connectivity index (χ3v) is 3.27. The fraction of sp³-hybridized carbons (Fsp3) is 0.571. The van der Waals surface area contributed by atoms with Gasteiger partial charge in [0, 0.05) is 13.1 Å². The van der Waals surface area contributed by atoms with Crippen molar-refractivity contribution in [3.63, 3.8) is 0 Å². The molecule has 0 spiro atoms. The number of benzene rings is 1. The Hall–Kier alpha value is -0.860. The minimum atomic E-state index is -0.0843. The van der Waals surface area contributed by atoms with Crippen LogP contribution in [0.5, 0.6) is 0 Å². The Kier molecular flexibility index (Phi) is 3.97. The van der Waals surface area contributed by atoms with Gasteiger partial charge in [0.15, 0.2) is 0 Å². The van der Waals surface area contributed by atoms with Gasteiger partial charge in [-0.3, -0.25) is 0 Å². The Balaban J connectivity index is 1.72. The van der Waals surface area contributed by atoms with E-state index in [0.717, 1.165) is 32.5 Å². The molecule has 1 aromatic carbocycles. The lowest BCUT2D eigenvalue weighted by Gasteiger charge is -2.14. The molecule has 88 valence electrons. The first-order valence-corrected chi connectivity index (χ1v) is 6.20. The van der Waals surface area contributed by atoms with Crippen molar-refractivity contribution in [3.8, 4) is 0 Å². The van der Waals surface area contributed by atoms with Gasteiger partial charge in [-0.15, -0.1) is 0 Å². The average molecular weight is 219 g/mol. The lowest BCUT2D eigenvalue weighted by molar-refractivity contribution is 0.176. The van der Waals surface area contributed by atoms with E-state index < -0.39 is 0 Å². The molecule has 0 radical (unpaired) electrons. The SMILES string of the molecule is Cc1cccc(CCCN2CC[C@H](O)C2)c1. The van der Waals surface area contributed by atoms with Crippen LogP contribution in [0.4, 0.5) is 0 Å². The topological polar surface area (TPSA) is 23.5 Å². The molecule has 2 heteroatoms. The predicted molar refractivity (Wildman–Crippen MR) is 66.6 cm³/mol. The number of aryl methyl sites for hydroxylation is 2. The summed E-state index contributed by atoms with van der Waals surface area (Å²) in [4.78, 5) is 2.36.